The normalized spacial score (nSPS) is 17.4. The van der Waals surface area contributed by atoms with Gasteiger partial charge in [-0.1, -0.05) is 6.92 Å². The van der Waals surface area contributed by atoms with Crippen molar-refractivity contribution in [2.24, 2.45) is 17.4 Å². The molecule has 7 nitrogen and oxygen atoms in total. The fourth-order valence-corrected chi connectivity index (χ4v) is 2.34. The largest absolute Gasteiger partial charge is 0.375 e. The molecule has 0 aromatic heterocycles. The molecule has 25 heavy (non-hydrogen) atoms. The van der Waals surface area contributed by atoms with E-state index in [1.54, 1.807) is 13.8 Å². The van der Waals surface area contributed by atoms with Crippen LogP contribution in [0.2, 0.25) is 0 Å². The van der Waals surface area contributed by atoms with E-state index < -0.39 is 23.2 Å². The van der Waals surface area contributed by atoms with E-state index in [1.165, 1.54) is 0 Å². The van der Waals surface area contributed by atoms with Crippen LogP contribution >= 0.6 is 0 Å². The van der Waals surface area contributed by atoms with Crippen LogP contribution in [-0.4, -0.2) is 47.7 Å². The highest BCUT2D eigenvalue weighted by Crippen LogP contribution is 2.22. The molecular weight excluding hydrogens is 320 g/mol. The van der Waals surface area contributed by atoms with Gasteiger partial charge in [0.2, 0.25) is 11.8 Å². The molecule has 0 saturated heterocycles. The molecule has 0 aliphatic carbocycles. The zero-order chi connectivity index (χ0) is 20.0. The maximum atomic E-state index is 11.8. The molecule has 0 aliphatic rings. The van der Waals surface area contributed by atoms with E-state index >= 15 is 0 Å². The maximum Gasteiger partial charge on any atom is 0.237 e. The van der Waals surface area contributed by atoms with Gasteiger partial charge in [0.05, 0.1) is 24.3 Å². The van der Waals surface area contributed by atoms with Gasteiger partial charge in [0.1, 0.15) is 0 Å². The maximum absolute atomic E-state index is 11.8. The van der Waals surface area contributed by atoms with Crippen molar-refractivity contribution in [2.45, 2.75) is 91.1 Å². The summed E-state index contributed by atoms with van der Waals surface area (Å²) >= 11 is 0. The predicted molar refractivity (Wildman–Crippen MR) is 101 cm³/mol. The van der Waals surface area contributed by atoms with Gasteiger partial charge < -0.3 is 26.8 Å². The van der Waals surface area contributed by atoms with Crippen molar-refractivity contribution in [1.82, 2.24) is 10.6 Å². The summed E-state index contributed by atoms with van der Waals surface area (Å²) in [6.07, 6.45) is 0.658. The van der Waals surface area contributed by atoms with Crippen LogP contribution < -0.4 is 22.1 Å². The Bertz CT molecular complexity index is 448. The minimum absolute atomic E-state index is 0.0467. The zero-order valence-electron chi connectivity index (χ0n) is 17.1. The highest BCUT2D eigenvalue weighted by Gasteiger charge is 2.31. The van der Waals surface area contributed by atoms with Gasteiger partial charge in [0.15, 0.2) is 0 Å². The van der Waals surface area contributed by atoms with E-state index in [0.29, 0.717) is 13.0 Å². The molecule has 148 valence electrons. The van der Waals surface area contributed by atoms with Crippen molar-refractivity contribution < 1.29 is 14.3 Å². The van der Waals surface area contributed by atoms with Crippen LogP contribution in [0.3, 0.4) is 0 Å². The molecule has 2 amide bonds. The summed E-state index contributed by atoms with van der Waals surface area (Å²) < 4.78 is 6.07. The molecule has 4 atom stereocenters. The summed E-state index contributed by atoms with van der Waals surface area (Å²) in [5, 5.41) is 5.83. The number of amides is 2. The number of nitrogens with one attached hydrogen (secondary N) is 2. The number of carbonyl (C=O) groups is 2. The van der Waals surface area contributed by atoms with Gasteiger partial charge in [-0.25, -0.2) is 0 Å². The molecule has 0 saturated carbocycles. The Morgan fingerprint density at radius 2 is 1.44 bits per heavy atom. The fourth-order valence-electron chi connectivity index (χ4n) is 2.34. The monoisotopic (exact) mass is 358 g/mol. The second kappa shape index (κ2) is 9.50. The third-order valence-corrected chi connectivity index (χ3v) is 4.41. The molecule has 0 fully saturated rings. The molecule has 0 bridgehead atoms. The van der Waals surface area contributed by atoms with Gasteiger partial charge in [-0.3, -0.25) is 9.59 Å². The Kier molecular flexibility index (Phi) is 9.05. The molecule has 0 radical (unpaired) electrons. The van der Waals surface area contributed by atoms with E-state index in [0.717, 1.165) is 0 Å². The second-order valence-electron chi connectivity index (χ2n) is 8.37. The lowest BCUT2D eigenvalue weighted by Gasteiger charge is -2.36. The van der Waals surface area contributed by atoms with E-state index in [4.69, 9.17) is 16.2 Å². The molecule has 0 aromatic carbocycles. The van der Waals surface area contributed by atoms with Gasteiger partial charge in [-0.05, 0) is 54.9 Å². The summed E-state index contributed by atoms with van der Waals surface area (Å²) in [5.74, 6) is -0.261. The smallest absolute Gasteiger partial charge is 0.237 e. The minimum Gasteiger partial charge on any atom is -0.375 e. The van der Waals surface area contributed by atoms with Crippen molar-refractivity contribution in [3.05, 3.63) is 0 Å². The Labute approximate surface area is 152 Å². The second-order valence-corrected chi connectivity index (χ2v) is 8.37. The average molecular weight is 359 g/mol. The Morgan fingerprint density at radius 1 is 0.960 bits per heavy atom. The standard InChI is InChI=1S/C18H38N4O3/c1-11(18(7,8)22-16(24)14(4)20)10-25-17(5,6)9-12(2)21-15(23)13(3)19/h11-14H,9-10,19-20H2,1-8H3,(H,21,23)(H,22,24). The number of rotatable bonds is 10. The van der Waals surface area contributed by atoms with E-state index in [2.05, 4.69) is 10.6 Å². The summed E-state index contributed by atoms with van der Waals surface area (Å²) in [5.41, 5.74) is 10.3. The summed E-state index contributed by atoms with van der Waals surface area (Å²) in [6, 6.07) is -1.12. The molecule has 0 aromatic rings. The number of hydrogen-bond donors (Lipinski definition) is 4. The van der Waals surface area contributed by atoms with Crippen LogP contribution in [0, 0.1) is 5.92 Å². The van der Waals surface area contributed by atoms with E-state index in [9.17, 15) is 9.59 Å². The van der Waals surface area contributed by atoms with Crippen LogP contribution in [0.4, 0.5) is 0 Å². The molecule has 0 rings (SSSR count). The number of hydrogen-bond acceptors (Lipinski definition) is 5. The SMILES string of the molecule is CC(CC(C)(C)OCC(C)C(C)(C)NC(=O)C(C)N)NC(=O)C(C)N. The van der Waals surface area contributed by atoms with Crippen molar-refractivity contribution in [3.8, 4) is 0 Å². The minimum atomic E-state index is -0.543. The average Bonchev–Trinajstić information content (AvgIpc) is 2.43. The zero-order valence-corrected chi connectivity index (χ0v) is 17.1. The predicted octanol–water partition coefficient (Wildman–Crippen LogP) is 0.902. The van der Waals surface area contributed by atoms with Crippen molar-refractivity contribution >= 4 is 11.8 Å². The lowest BCUT2D eigenvalue weighted by molar-refractivity contribution is -0.124. The highest BCUT2D eigenvalue weighted by molar-refractivity contribution is 5.81. The lowest BCUT2D eigenvalue weighted by atomic mass is 9.89. The van der Waals surface area contributed by atoms with E-state index in [-0.39, 0.29) is 23.8 Å². The van der Waals surface area contributed by atoms with Crippen LogP contribution in [0.25, 0.3) is 0 Å². The highest BCUT2D eigenvalue weighted by atomic mass is 16.5. The molecule has 0 aliphatic heterocycles. The van der Waals surface area contributed by atoms with Crippen molar-refractivity contribution in [1.29, 1.82) is 0 Å². The molecule has 0 spiro atoms. The molecular formula is C18H38N4O3. The van der Waals surface area contributed by atoms with Crippen molar-refractivity contribution in [2.75, 3.05) is 6.61 Å². The van der Waals surface area contributed by atoms with Crippen LogP contribution in [0.1, 0.15) is 61.8 Å². The van der Waals surface area contributed by atoms with Gasteiger partial charge >= 0.3 is 0 Å². The van der Waals surface area contributed by atoms with Gasteiger partial charge in [-0.2, -0.15) is 0 Å². The Morgan fingerprint density at radius 3 is 1.88 bits per heavy atom. The third kappa shape index (κ3) is 9.18. The number of carbonyl (C=O) groups excluding carboxylic acids is 2. The Balaban J connectivity index is 4.55. The van der Waals surface area contributed by atoms with E-state index in [1.807, 2.05) is 41.5 Å². The quantitative estimate of drug-likeness (QED) is 0.462. The Hall–Kier alpha value is -1.18. The molecule has 6 N–H and O–H groups in total. The summed E-state index contributed by atoms with van der Waals surface area (Å²) in [4.78, 5) is 23.5. The molecule has 4 unspecified atom stereocenters. The summed E-state index contributed by atoms with van der Waals surface area (Å²) in [7, 11) is 0. The van der Waals surface area contributed by atoms with Gasteiger partial charge in [0, 0.05) is 17.5 Å². The first-order valence-corrected chi connectivity index (χ1v) is 8.95. The molecule has 0 heterocycles. The fraction of sp³-hybridized carbons (Fsp3) is 0.889. The first-order chi connectivity index (χ1) is 11.2. The van der Waals surface area contributed by atoms with Crippen LogP contribution in [0.5, 0.6) is 0 Å². The third-order valence-electron chi connectivity index (χ3n) is 4.41. The van der Waals surface area contributed by atoms with Crippen LogP contribution in [0.15, 0.2) is 0 Å². The first-order valence-electron chi connectivity index (χ1n) is 8.95. The van der Waals surface area contributed by atoms with Gasteiger partial charge in [-0.15, -0.1) is 0 Å². The van der Waals surface area contributed by atoms with Crippen LogP contribution in [-0.2, 0) is 14.3 Å². The lowest BCUT2D eigenvalue weighted by Crippen LogP contribution is -2.54. The number of ether oxygens (including phenoxy) is 1. The molecule has 7 heteroatoms. The van der Waals surface area contributed by atoms with Crippen molar-refractivity contribution in [3.63, 3.8) is 0 Å². The van der Waals surface area contributed by atoms with Gasteiger partial charge in [0.25, 0.3) is 0 Å². The number of nitrogens with two attached hydrogens (primary N) is 2. The topological polar surface area (TPSA) is 119 Å². The first kappa shape index (κ1) is 23.8. The summed E-state index contributed by atoms with van der Waals surface area (Å²) in [6.45, 7) is 15.6.